The van der Waals surface area contributed by atoms with E-state index in [1.54, 1.807) is 12.1 Å². The van der Waals surface area contributed by atoms with Crippen molar-refractivity contribution in [2.45, 2.75) is 6.92 Å². The largest absolute Gasteiger partial charge is 0.481 e. The SMILES string of the molecule is C#CCOc1ccc2oc(=O)cc(C)c2c1. The molecule has 0 saturated carbocycles. The van der Waals surface area contributed by atoms with Gasteiger partial charge >= 0.3 is 5.63 Å². The van der Waals surface area contributed by atoms with Crippen LogP contribution in [0.15, 0.2) is 33.5 Å². The highest BCUT2D eigenvalue weighted by Gasteiger charge is 2.03. The van der Waals surface area contributed by atoms with E-state index in [9.17, 15) is 4.79 Å². The highest BCUT2D eigenvalue weighted by atomic mass is 16.5. The van der Waals surface area contributed by atoms with Crippen LogP contribution in [-0.4, -0.2) is 6.61 Å². The fourth-order valence-electron chi connectivity index (χ4n) is 1.51. The second kappa shape index (κ2) is 4.11. The van der Waals surface area contributed by atoms with Crippen molar-refractivity contribution in [3.63, 3.8) is 0 Å². The van der Waals surface area contributed by atoms with Crippen molar-refractivity contribution in [2.75, 3.05) is 6.61 Å². The zero-order valence-corrected chi connectivity index (χ0v) is 8.82. The molecule has 2 aromatic rings. The van der Waals surface area contributed by atoms with Crippen molar-refractivity contribution in [1.82, 2.24) is 0 Å². The summed E-state index contributed by atoms with van der Waals surface area (Å²) in [6, 6.07) is 6.69. The monoisotopic (exact) mass is 214 g/mol. The van der Waals surface area contributed by atoms with Crippen LogP contribution in [0.1, 0.15) is 5.56 Å². The lowest BCUT2D eigenvalue weighted by Crippen LogP contribution is -1.98. The summed E-state index contributed by atoms with van der Waals surface area (Å²) < 4.78 is 10.3. The average molecular weight is 214 g/mol. The van der Waals surface area contributed by atoms with E-state index in [1.807, 2.05) is 13.0 Å². The summed E-state index contributed by atoms with van der Waals surface area (Å²) in [5.74, 6) is 3.06. The summed E-state index contributed by atoms with van der Waals surface area (Å²) in [5, 5.41) is 0.856. The minimum absolute atomic E-state index is 0.224. The smallest absolute Gasteiger partial charge is 0.336 e. The number of benzene rings is 1. The Balaban J connectivity index is 2.54. The molecule has 0 aliphatic carbocycles. The molecule has 0 radical (unpaired) electrons. The van der Waals surface area contributed by atoms with E-state index < -0.39 is 0 Å². The Hall–Kier alpha value is -2.21. The summed E-state index contributed by atoms with van der Waals surface area (Å²) in [4.78, 5) is 11.1. The van der Waals surface area contributed by atoms with Gasteiger partial charge in [-0.3, -0.25) is 0 Å². The maximum Gasteiger partial charge on any atom is 0.336 e. The van der Waals surface area contributed by atoms with Gasteiger partial charge in [-0.15, -0.1) is 6.42 Å². The Bertz CT molecular complexity index is 617. The molecule has 2 rings (SSSR count). The number of aryl methyl sites for hydroxylation is 1. The van der Waals surface area contributed by atoms with Crippen molar-refractivity contribution >= 4 is 11.0 Å². The molecule has 3 nitrogen and oxygen atoms in total. The minimum Gasteiger partial charge on any atom is -0.481 e. The molecule has 0 saturated heterocycles. The first kappa shape index (κ1) is 10.3. The highest BCUT2D eigenvalue weighted by Crippen LogP contribution is 2.22. The van der Waals surface area contributed by atoms with Crippen LogP contribution in [0.2, 0.25) is 0 Å². The fourth-order valence-corrected chi connectivity index (χ4v) is 1.51. The summed E-state index contributed by atoms with van der Waals surface area (Å²) in [6.45, 7) is 2.07. The average Bonchev–Trinajstić information content (AvgIpc) is 2.26. The summed E-state index contributed by atoms with van der Waals surface area (Å²) in [6.07, 6.45) is 5.10. The fraction of sp³-hybridized carbons (Fsp3) is 0.154. The Morgan fingerprint density at radius 2 is 2.25 bits per heavy atom. The van der Waals surface area contributed by atoms with Gasteiger partial charge in [0.25, 0.3) is 0 Å². The lowest BCUT2D eigenvalue weighted by molar-refractivity contribution is 0.370. The van der Waals surface area contributed by atoms with E-state index in [1.165, 1.54) is 6.07 Å². The van der Waals surface area contributed by atoms with Crippen LogP contribution in [0, 0.1) is 19.3 Å². The molecule has 16 heavy (non-hydrogen) atoms. The van der Waals surface area contributed by atoms with Gasteiger partial charge in [0.15, 0.2) is 0 Å². The maximum absolute atomic E-state index is 11.1. The van der Waals surface area contributed by atoms with Crippen LogP contribution in [0.3, 0.4) is 0 Å². The second-order valence-corrected chi connectivity index (χ2v) is 3.40. The van der Waals surface area contributed by atoms with E-state index in [2.05, 4.69) is 5.92 Å². The first-order chi connectivity index (χ1) is 7.70. The van der Waals surface area contributed by atoms with Crippen LogP contribution in [0.25, 0.3) is 11.0 Å². The molecule has 1 aromatic carbocycles. The Kier molecular flexibility index (Phi) is 2.65. The quantitative estimate of drug-likeness (QED) is 0.567. The number of ether oxygens (including phenoxy) is 1. The molecular weight excluding hydrogens is 204 g/mol. The molecule has 0 N–H and O–H groups in total. The molecule has 0 unspecified atom stereocenters. The van der Waals surface area contributed by atoms with Gasteiger partial charge in [0, 0.05) is 11.5 Å². The summed E-state index contributed by atoms with van der Waals surface area (Å²) >= 11 is 0. The van der Waals surface area contributed by atoms with Gasteiger partial charge < -0.3 is 9.15 Å². The molecule has 0 amide bonds. The highest BCUT2D eigenvalue weighted by molar-refractivity contribution is 5.81. The van der Waals surface area contributed by atoms with Gasteiger partial charge in [-0.25, -0.2) is 4.79 Å². The molecule has 0 aliphatic heterocycles. The topological polar surface area (TPSA) is 39.4 Å². The van der Waals surface area contributed by atoms with Crippen molar-refractivity contribution < 1.29 is 9.15 Å². The number of fused-ring (bicyclic) bond motifs is 1. The first-order valence-corrected chi connectivity index (χ1v) is 4.81. The first-order valence-electron chi connectivity index (χ1n) is 4.81. The lowest BCUT2D eigenvalue weighted by Gasteiger charge is -2.04. The van der Waals surface area contributed by atoms with E-state index in [0.717, 1.165) is 10.9 Å². The molecule has 0 bridgehead atoms. The van der Waals surface area contributed by atoms with Crippen molar-refractivity contribution in [3.05, 3.63) is 40.2 Å². The Morgan fingerprint density at radius 1 is 1.44 bits per heavy atom. The zero-order chi connectivity index (χ0) is 11.5. The minimum atomic E-state index is -0.345. The molecule has 0 atom stereocenters. The van der Waals surface area contributed by atoms with E-state index in [0.29, 0.717) is 11.3 Å². The van der Waals surface area contributed by atoms with Crippen LogP contribution in [0.5, 0.6) is 5.75 Å². The van der Waals surface area contributed by atoms with Gasteiger partial charge in [0.2, 0.25) is 0 Å². The molecular formula is C13H10O3. The van der Waals surface area contributed by atoms with Gasteiger partial charge in [0.1, 0.15) is 17.9 Å². The molecule has 0 aliphatic rings. The number of terminal acetylenes is 1. The number of rotatable bonds is 2. The standard InChI is InChI=1S/C13H10O3/c1-3-6-15-10-4-5-12-11(8-10)9(2)7-13(14)16-12/h1,4-5,7-8H,6H2,2H3. The van der Waals surface area contributed by atoms with Crippen LogP contribution in [0.4, 0.5) is 0 Å². The molecule has 0 spiro atoms. The van der Waals surface area contributed by atoms with Gasteiger partial charge in [0.05, 0.1) is 0 Å². The van der Waals surface area contributed by atoms with Crippen LogP contribution >= 0.6 is 0 Å². The normalized spacial score (nSPS) is 10.0. The number of hydrogen-bond donors (Lipinski definition) is 0. The Labute approximate surface area is 92.7 Å². The molecule has 80 valence electrons. The predicted molar refractivity (Wildman–Crippen MR) is 61.5 cm³/mol. The third-order valence-corrected chi connectivity index (χ3v) is 2.24. The van der Waals surface area contributed by atoms with E-state index in [4.69, 9.17) is 15.6 Å². The van der Waals surface area contributed by atoms with Crippen LogP contribution in [-0.2, 0) is 0 Å². The van der Waals surface area contributed by atoms with E-state index in [-0.39, 0.29) is 12.2 Å². The third-order valence-electron chi connectivity index (χ3n) is 2.24. The van der Waals surface area contributed by atoms with Gasteiger partial charge in [-0.2, -0.15) is 0 Å². The maximum atomic E-state index is 11.1. The molecule has 1 heterocycles. The van der Waals surface area contributed by atoms with Crippen molar-refractivity contribution in [2.24, 2.45) is 0 Å². The summed E-state index contributed by atoms with van der Waals surface area (Å²) in [7, 11) is 0. The second-order valence-electron chi connectivity index (χ2n) is 3.40. The zero-order valence-electron chi connectivity index (χ0n) is 8.82. The Morgan fingerprint density at radius 3 is 3.00 bits per heavy atom. The van der Waals surface area contributed by atoms with Gasteiger partial charge in [-0.1, -0.05) is 5.92 Å². The third kappa shape index (κ3) is 1.91. The van der Waals surface area contributed by atoms with Crippen molar-refractivity contribution in [1.29, 1.82) is 0 Å². The molecule has 1 aromatic heterocycles. The van der Waals surface area contributed by atoms with Crippen LogP contribution < -0.4 is 10.4 Å². The number of hydrogen-bond acceptors (Lipinski definition) is 3. The summed E-state index contributed by atoms with van der Waals surface area (Å²) in [5.41, 5.74) is 1.07. The predicted octanol–water partition coefficient (Wildman–Crippen LogP) is 2.11. The molecule has 0 fully saturated rings. The molecule has 3 heteroatoms. The lowest BCUT2D eigenvalue weighted by atomic mass is 10.1. The van der Waals surface area contributed by atoms with Crippen molar-refractivity contribution in [3.8, 4) is 18.1 Å². The van der Waals surface area contributed by atoms with E-state index >= 15 is 0 Å². The van der Waals surface area contributed by atoms with Gasteiger partial charge in [-0.05, 0) is 30.7 Å².